The Morgan fingerprint density at radius 3 is 2.25 bits per heavy atom. The minimum absolute atomic E-state index is 0.178. The lowest BCUT2D eigenvalue weighted by Crippen LogP contribution is -2.50. The van der Waals surface area contributed by atoms with E-state index in [1.54, 1.807) is 46.2 Å². The summed E-state index contributed by atoms with van der Waals surface area (Å²) < 4.78 is 11.0. The minimum atomic E-state index is -0.246. The first-order valence-electron chi connectivity index (χ1n) is 10.3. The molecule has 1 aromatic carbocycles. The lowest BCUT2D eigenvalue weighted by atomic mass is 10.1. The third kappa shape index (κ3) is 3.68. The molecule has 32 heavy (non-hydrogen) atoms. The number of piperazine rings is 1. The van der Waals surface area contributed by atoms with E-state index >= 15 is 0 Å². The van der Waals surface area contributed by atoms with Crippen molar-refractivity contribution in [2.45, 2.75) is 6.42 Å². The van der Waals surface area contributed by atoms with E-state index in [2.05, 4.69) is 10.2 Å². The number of H-pyrrole nitrogens is 1. The van der Waals surface area contributed by atoms with E-state index in [-0.39, 0.29) is 23.1 Å². The van der Waals surface area contributed by atoms with Crippen molar-refractivity contribution in [1.29, 1.82) is 0 Å². The van der Waals surface area contributed by atoms with Crippen LogP contribution in [-0.2, 0) is 6.42 Å². The molecule has 1 saturated heterocycles. The number of fused-ring (bicyclic) bond motifs is 1. The zero-order valence-electron chi connectivity index (χ0n) is 17.1. The highest BCUT2D eigenvalue weighted by Gasteiger charge is 2.28. The molecule has 162 valence electrons. The van der Waals surface area contributed by atoms with Crippen LogP contribution in [-0.4, -0.2) is 58.0 Å². The summed E-state index contributed by atoms with van der Waals surface area (Å²) in [7, 11) is 0. The number of nitrogens with one attached hydrogen (secondary N) is 1. The van der Waals surface area contributed by atoms with Crippen LogP contribution in [0, 0.1) is 0 Å². The van der Waals surface area contributed by atoms with Crippen LogP contribution in [0.4, 0.5) is 0 Å². The van der Waals surface area contributed by atoms with Crippen LogP contribution < -0.4 is 5.56 Å². The van der Waals surface area contributed by atoms with Crippen molar-refractivity contribution in [2.24, 2.45) is 0 Å². The number of carbonyl (C=O) groups excluding carboxylic acids is 2. The lowest BCUT2D eigenvalue weighted by molar-refractivity contribution is 0.0501. The van der Waals surface area contributed by atoms with Crippen LogP contribution in [0.1, 0.15) is 32.6 Å². The highest BCUT2D eigenvalue weighted by Crippen LogP contribution is 2.19. The van der Waals surface area contributed by atoms with Crippen molar-refractivity contribution in [2.75, 3.05) is 26.2 Å². The van der Waals surface area contributed by atoms with Crippen LogP contribution in [0.25, 0.3) is 10.8 Å². The number of furan rings is 2. The highest BCUT2D eigenvalue weighted by molar-refractivity contribution is 5.93. The van der Waals surface area contributed by atoms with Gasteiger partial charge in [0.1, 0.15) is 5.76 Å². The molecule has 9 heteroatoms. The monoisotopic (exact) mass is 432 g/mol. The average Bonchev–Trinajstić information content (AvgIpc) is 3.53. The van der Waals surface area contributed by atoms with Gasteiger partial charge in [-0.25, -0.2) is 5.10 Å². The number of rotatable bonds is 4. The first-order valence-corrected chi connectivity index (χ1v) is 10.3. The molecule has 1 aliphatic rings. The van der Waals surface area contributed by atoms with Gasteiger partial charge in [-0.1, -0.05) is 18.2 Å². The summed E-state index contributed by atoms with van der Waals surface area (Å²) in [6.45, 7) is 1.67. The quantitative estimate of drug-likeness (QED) is 0.530. The van der Waals surface area contributed by atoms with Crippen molar-refractivity contribution in [3.63, 3.8) is 0 Å². The summed E-state index contributed by atoms with van der Waals surface area (Å²) in [6, 6.07) is 13.9. The van der Waals surface area contributed by atoms with Gasteiger partial charge in [-0.3, -0.25) is 14.4 Å². The molecule has 0 unspecified atom stereocenters. The zero-order chi connectivity index (χ0) is 22.1. The summed E-state index contributed by atoms with van der Waals surface area (Å²) in [6.07, 6.45) is 1.81. The van der Waals surface area contributed by atoms with Crippen molar-refractivity contribution in [3.8, 4) is 0 Å². The highest BCUT2D eigenvalue weighted by atomic mass is 16.4. The molecule has 1 fully saturated rings. The largest absolute Gasteiger partial charge is 0.459 e. The maximum atomic E-state index is 12.9. The number of nitrogens with zero attached hydrogens (tertiary/aromatic N) is 3. The molecular weight excluding hydrogens is 412 g/mol. The van der Waals surface area contributed by atoms with Gasteiger partial charge >= 0.3 is 0 Å². The van der Waals surface area contributed by atoms with Gasteiger partial charge in [0.2, 0.25) is 0 Å². The van der Waals surface area contributed by atoms with Gasteiger partial charge in [0.25, 0.3) is 17.4 Å². The lowest BCUT2D eigenvalue weighted by Gasteiger charge is -2.33. The third-order valence-electron chi connectivity index (χ3n) is 5.58. The number of benzene rings is 1. The summed E-state index contributed by atoms with van der Waals surface area (Å²) in [5.41, 5.74) is 0.419. The second-order valence-corrected chi connectivity index (χ2v) is 7.55. The Labute approximate surface area is 182 Å². The molecule has 1 N–H and O–H groups in total. The standard InChI is InChI=1S/C23H20N4O5/c28-21-17-5-2-1-4-16(17)18(24-25-21)14-15-7-8-20(32-15)23(30)27-11-9-26(10-12-27)22(29)19-6-3-13-31-19/h1-8,13H,9-12,14H2,(H,25,28). The Morgan fingerprint density at radius 1 is 0.875 bits per heavy atom. The van der Waals surface area contributed by atoms with Crippen LogP contribution in [0.5, 0.6) is 0 Å². The van der Waals surface area contributed by atoms with E-state index in [4.69, 9.17) is 8.83 Å². The predicted molar refractivity (Wildman–Crippen MR) is 114 cm³/mol. The van der Waals surface area contributed by atoms with Gasteiger partial charge in [-0.15, -0.1) is 0 Å². The molecule has 9 nitrogen and oxygen atoms in total. The molecule has 0 radical (unpaired) electrons. The SMILES string of the molecule is O=C(c1ccco1)N1CCN(C(=O)c2ccc(Cc3n[nH]c(=O)c4ccccc34)o2)CC1. The molecule has 4 heterocycles. The van der Waals surface area contributed by atoms with E-state index in [9.17, 15) is 14.4 Å². The number of aromatic amines is 1. The normalized spacial score (nSPS) is 14.1. The number of amides is 2. The van der Waals surface area contributed by atoms with E-state index in [0.29, 0.717) is 55.2 Å². The van der Waals surface area contributed by atoms with Gasteiger partial charge in [0, 0.05) is 31.6 Å². The van der Waals surface area contributed by atoms with Gasteiger partial charge in [0.05, 0.1) is 23.8 Å². The topological polar surface area (TPSA) is 113 Å². The Kier molecular flexibility index (Phi) is 5.06. The molecule has 0 saturated carbocycles. The Balaban J connectivity index is 1.26. The fourth-order valence-electron chi connectivity index (χ4n) is 3.88. The summed E-state index contributed by atoms with van der Waals surface area (Å²) in [5.74, 6) is 0.705. The molecule has 1 aliphatic heterocycles. The summed E-state index contributed by atoms with van der Waals surface area (Å²) in [4.78, 5) is 40.6. The number of hydrogen-bond acceptors (Lipinski definition) is 6. The van der Waals surface area contributed by atoms with E-state index in [0.717, 1.165) is 5.39 Å². The number of carbonyl (C=O) groups is 2. The molecule has 2 amide bonds. The molecule has 0 bridgehead atoms. The second-order valence-electron chi connectivity index (χ2n) is 7.55. The van der Waals surface area contributed by atoms with Crippen LogP contribution in [0.15, 0.2) is 68.4 Å². The van der Waals surface area contributed by atoms with E-state index in [1.165, 1.54) is 6.26 Å². The first kappa shape index (κ1) is 19.8. The number of hydrogen-bond donors (Lipinski definition) is 1. The van der Waals surface area contributed by atoms with Crippen molar-refractivity contribution >= 4 is 22.6 Å². The fraction of sp³-hybridized carbons (Fsp3) is 0.217. The van der Waals surface area contributed by atoms with Gasteiger partial charge < -0.3 is 18.6 Å². The van der Waals surface area contributed by atoms with Gasteiger partial charge in [0.15, 0.2) is 11.5 Å². The van der Waals surface area contributed by atoms with Crippen LogP contribution >= 0.6 is 0 Å². The zero-order valence-corrected chi connectivity index (χ0v) is 17.1. The molecule has 4 aromatic rings. The molecule has 5 rings (SSSR count). The molecular formula is C23H20N4O5. The maximum Gasteiger partial charge on any atom is 0.289 e. The van der Waals surface area contributed by atoms with Gasteiger partial charge in [-0.2, -0.15) is 5.10 Å². The second kappa shape index (κ2) is 8.18. The Morgan fingerprint density at radius 2 is 1.56 bits per heavy atom. The number of aromatic nitrogens is 2. The fourth-order valence-corrected chi connectivity index (χ4v) is 3.88. The van der Waals surface area contributed by atoms with Crippen molar-refractivity contribution in [1.82, 2.24) is 20.0 Å². The Hall–Kier alpha value is -4.14. The molecule has 0 aliphatic carbocycles. The minimum Gasteiger partial charge on any atom is -0.459 e. The summed E-state index contributed by atoms with van der Waals surface area (Å²) >= 11 is 0. The Bertz CT molecular complexity index is 1330. The van der Waals surface area contributed by atoms with Crippen molar-refractivity contribution < 1.29 is 18.4 Å². The average molecular weight is 432 g/mol. The smallest absolute Gasteiger partial charge is 0.289 e. The third-order valence-corrected chi connectivity index (χ3v) is 5.58. The van der Waals surface area contributed by atoms with E-state index < -0.39 is 0 Å². The summed E-state index contributed by atoms with van der Waals surface area (Å²) in [5, 5.41) is 7.97. The van der Waals surface area contributed by atoms with Crippen molar-refractivity contribution in [3.05, 3.63) is 88.1 Å². The van der Waals surface area contributed by atoms with Crippen LogP contribution in [0.2, 0.25) is 0 Å². The molecule has 3 aromatic heterocycles. The molecule has 0 spiro atoms. The first-order chi connectivity index (χ1) is 15.6. The maximum absolute atomic E-state index is 12.9. The van der Waals surface area contributed by atoms with E-state index in [1.807, 2.05) is 12.1 Å². The predicted octanol–water partition coefficient (Wildman–Crippen LogP) is 2.30. The van der Waals surface area contributed by atoms with Crippen LogP contribution in [0.3, 0.4) is 0 Å². The molecule has 0 atom stereocenters. The van der Waals surface area contributed by atoms with Gasteiger partial charge in [-0.05, 0) is 30.3 Å².